The molecule has 0 N–H and O–H groups in total. The Hall–Kier alpha value is -0.790. The molecule has 84 valence electrons. The molecule has 0 amide bonds. The largest absolute Gasteiger partial charge is 0.334 e. The lowest BCUT2D eigenvalue weighted by molar-refractivity contribution is 0.551. The maximum atomic E-state index is 4.52. The van der Waals surface area contributed by atoms with Crippen molar-refractivity contribution >= 4 is 0 Å². The van der Waals surface area contributed by atoms with E-state index in [1.54, 1.807) is 0 Å². The minimum atomic E-state index is 1.18. The van der Waals surface area contributed by atoms with E-state index in [1.807, 2.05) is 0 Å². The number of aromatic nitrogens is 2. The van der Waals surface area contributed by atoms with Crippen molar-refractivity contribution in [2.24, 2.45) is 0 Å². The molecule has 0 radical (unpaired) electrons. The number of imidazole rings is 1. The first-order valence-electron chi connectivity index (χ1n) is 6.44. The van der Waals surface area contributed by atoms with E-state index in [9.17, 15) is 0 Å². The zero-order valence-electron chi connectivity index (χ0n) is 9.84. The Bertz CT molecular complexity index is 301. The SMILES string of the molecule is CCCCCCn1cnc2c1CCCC2. The Morgan fingerprint density at radius 2 is 2.07 bits per heavy atom. The standard InChI is InChI=1S/C13H22N2/c1-2-3-4-7-10-15-11-14-12-8-5-6-9-13(12)15/h11H,2-10H2,1H3. The van der Waals surface area contributed by atoms with E-state index >= 15 is 0 Å². The molecule has 2 heteroatoms. The summed E-state index contributed by atoms with van der Waals surface area (Å²) in [6.45, 7) is 3.45. The van der Waals surface area contributed by atoms with Gasteiger partial charge in [0.05, 0.1) is 12.0 Å². The summed E-state index contributed by atoms with van der Waals surface area (Å²) in [7, 11) is 0. The fourth-order valence-electron chi connectivity index (χ4n) is 2.43. The fourth-order valence-corrected chi connectivity index (χ4v) is 2.43. The third-order valence-electron chi connectivity index (χ3n) is 3.36. The van der Waals surface area contributed by atoms with E-state index in [0.29, 0.717) is 0 Å². The van der Waals surface area contributed by atoms with Crippen molar-refractivity contribution in [2.45, 2.75) is 64.8 Å². The molecule has 0 aliphatic heterocycles. The van der Waals surface area contributed by atoms with Gasteiger partial charge in [-0.25, -0.2) is 4.98 Å². The van der Waals surface area contributed by atoms with Gasteiger partial charge < -0.3 is 4.57 Å². The van der Waals surface area contributed by atoms with Gasteiger partial charge in [0, 0.05) is 12.2 Å². The topological polar surface area (TPSA) is 17.8 Å². The summed E-state index contributed by atoms with van der Waals surface area (Å²) in [4.78, 5) is 4.52. The van der Waals surface area contributed by atoms with Crippen LogP contribution < -0.4 is 0 Å². The van der Waals surface area contributed by atoms with Gasteiger partial charge in [-0.3, -0.25) is 0 Å². The van der Waals surface area contributed by atoms with Gasteiger partial charge >= 0.3 is 0 Å². The van der Waals surface area contributed by atoms with Gasteiger partial charge in [0.15, 0.2) is 0 Å². The van der Waals surface area contributed by atoms with Crippen LogP contribution in [0.1, 0.15) is 56.8 Å². The summed E-state index contributed by atoms with van der Waals surface area (Å²) >= 11 is 0. The van der Waals surface area contributed by atoms with Gasteiger partial charge in [-0.05, 0) is 32.1 Å². The highest BCUT2D eigenvalue weighted by atomic mass is 15.1. The van der Waals surface area contributed by atoms with Crippen molar-refractivity contribution in [1.82, 2.24) is 9.55 Å². The molecule has 2 nitrogen and oxygen atoms in total. The Morgan fingerprint density at radius 1 is 1.20 bits per heavy atom. The zero-order chi connectivity index (χ0) is 10.5. The van der Waals surface area contributed by atoms with Crippen molar-refractivity contribution in [3.8, 4) is 0 Å². The van der Waals surface area contributed by atoms with Crippen molar-refractivity contribution < 1.29 is 0 Å². The second kappa shape index (κ2) is 5.34. The molecule has 0 unspecified atom stereocenters. The van der Waals surface area contributed by atoms with Crippen LogP contribution in [0.4, 0.5) is 0 Å². The first-order valence-corrected chi connectivity index (χ1v) is 6.44. The summed E-state index contributed by atoms with van der Waals surface area (Å²) in [6, 6.07) is 0. The van der Waals surface area contributed by atoms with E-state index in [2.05, 4.69) is 22.8 Å². The normalized spacial score (nSPS) is 15.3. The van der Waals surface area contributed by atoms with E-state index in [-0.39, 0.29) is 0 Å². The molecule has 0 spiro atoms. The van der Waals surface area contributed by atoms with E-state index in [1.165, 1.54) is 69.3 Å². The van der Waals surface area contributed by atoms with E-state index < -0.39 is 0 Å². The number of nitrogens with zero attached hydrogens (tertiary/aromatic N) is 2. The predicted molar refractivity (Wildman–Crippen MR) is 63.0 cm³/mol. The first-order chi connectivity index (χ1) is 7.42. The highest BCUT2D eigenvalue weighted by Gasteiger charge is 2.14. The summed E-state index contributed by atoms with van der Waals surface area (Å²) in [5.41, 5.74) is 2.90. The van der Waals surface area contributed by atoms with Gasteiger partial charge in [0.1, 0.15) is 0 Å². The third-order valence-corrected chi connectivity index (χ3v) is 3.36. The lowest BCUT2D eigenvalue weighted by atomic mass is 10.0. The maximum absolute atomic E-state index is 4.52. The second-order valence-electron chi connectivity index (χ2n) is 4.60. The number of aryl methyl sites for hydroxylation is 2. The number of rotatable bonds is 5. The molecule has 1 aromatic rings. The van der Waals surface area contributed by atoms with Crippen LogP contribution >= 0.6 is 0 Å². The van der Waals surface area contributed by atoms with Crippen LogP contribution in [-0.2, 0) is 19.4 Å². The van der Waals surface area contributed by atoms with Gasteiger partial charge in [-0.15, -0.1) is 0 Å². The predicted octanol–water partition coefficient (Wildman–Crippen LogP) is 3.34. The molecule has 0 bridgehead atoms. The lowest BCUT2D eigenvalue weighted by Gasteiger charge is -2.13. The molecule has 2 rings (SSSR count). The van der Waals surface area contributed by atoms with Crippen molar-refractivity contribution in [3.63, 3.8) is 0 Å². The van der Waals surface area contributed by atoms with Crippen LogP contribution in [0.15, 0.2) is 6.33 Å². The van der Waals surface area contributed by atoms with Crippen molar-refractivity contribution in [1.29, 1.82) is 0 Å². The minimum Gasteiger partial charge on any atom is -0.334 e. The van der Waals surface area contributed by atoms with Crippen LogP contribution in [0.2, 0.25) is 0 Å². The van der Waals surface area contributed by atoms with Gasteiger partial charge in [-0.1, -0.05) is 26.2 Å². The van der Waals surface area contributed by atoms with Crippen LogP contribution in [-0.4, -0.2) is 9.55 Å². The van der Waals surface area contributed by atoms with Crippen molar-refractivity contribution in [3.05, 3.63) is 17.7 Å². The summed E-state index contributed by atoms with van der Waals surface area (Å²) in [5, 5.41) is 0. The Morgan fingerprint density at radius 3 is 2.93 bits per heavy atom. The lowest BCUT2D eigenvalue weighted by Crippen LogP contribution is -2.08. The van der Waals surface area contributed by atoms with Gasteiger partial charge in [-0.2, -0.15) is 0 Å². The molecule has 0 atom stereocenters. The molecule has 0 saturated carbocycles. The van der Waals surface area contributed by atoms with Crippen LogP contribution in [0.25, 0.3) is 0 Å². The van der Waals surface area contributed by atoms with Crippen LogP contribution in [0, 0.1) is 0 Å². The number of hydrogen-bond acceptors (Lipinski definition) is 1. The molecule has 0 fully saturated rings. The summed E-state index contributed by atoms with van der Waals surface area (Å²) in [5.74, 6) is 0. The Balaban J connectivity index is 1.88. The second-order valence-corrected chi connectivity index (χ2v) is 4.60. The van der Waals surface area contributed by atoms with Gasteiger partial charge in [0.2, 0.25) is 0 Å². The molecule has 0 aromatic carbocycles. The summed E-state index contributed by atoms with van der Waals surface area (Å²) < 4.78 is 2.39. The molecular weight excluding hydrogens is 184 g/mol. The highest BCUT2D eigenvalue weighted by Crippen LogP contribution is 2.20. The third kappa shape index (κ3) is 2.61. The molecule has 15 heavy (non-hydrogen) atoms. The van der Waals surface area contributed by atoms with Crippen molar-refractivity contribution in [2.75, 3.05) is 0 Å². The zero-order valence-corrected chi connectivity index (χ0v) is 9.84. The molecule has 1 aliphatic carbocycles. The smallest absolute Gasteiger partial charge is 0.0951 e. The van der Waals surface area contributed by atoms with Crippen LogP contribution in [0.5, 0.6) is 0 Å². The average Bonchev–Trinajstić information content (AvgIpc) is 2.68. The highest BCUT2D eigenvalue weighted by molar-refractivity contribution is 5.16. The number of hydrogen-bond donors (Lipinski definition) is 0. The number of unbranched alkanes of at least 4 members (excludes halogenated alkanes) is 3. The van der Waals surface area contributed by atoms with E-state index in [4.69, 9.17) is 0 Å². The van der Waals surface area contributed by atoms with Gasteiger partial charge in [0.25, 0.3) is 0 Å². The average molecular weight is 206 g/mol. The Kier molecular flexibility index (Phi) is 3.81. The first kappa shape index (κ1) is 10.7. The quantitative estimate of drug-likeness (QED) is 0.676. The summed E-state index contributed by atoms with van der Waals surface area (Å²) in [6.07, 6.45) is 12.6. The maximum Gasteiger partial charge on any atom is 0.0951 e. The fraction of sp³-hybridized carbons (Fsp3) is 0.769. The molecule has 0 saturated heterocycles. The molecule has 1 aliphatic rings. The minimum absolute atomic E-state index is 1.18. The Labute approximate surface area is 92.7 Å². The monoisotopic (exact) mass is 206 g/mol. The molecule has 1 heterocycles. The van der Waals surface area contributed by atoms with Crippen LogP contribution in [0.3, 0.4) is 0 Å². The van der Waals surface area contributed by atoms with E-state index in [0.717, 1.165) is 0 Å². The molecule has 1 aromatic heterocycles. The number of fused-ring (bicyclic) bond motifs is 1. The molecular formula is C13H22N2.